The van der Waals surface area contributed by atoms with E-state index in [0.717, 1.165) is 34.7 Å². The first-order valence-electron chi connectivity index (χ1n) is 13.3. The predicted molar refractivity (Wildman–Crippen MR) is 139 cm³/mol. The molecule has 3 aromatic rings. The Labute approximate surface area is 225 Å². The Morgan fingerprint density at radius 1 is 0.974 bits per heavy atom. The standard InChI is InChI=1S/C31H30F3NO4/c1-38-28-14-13-19(15-27(28)31(32,33)34)30(37)16-20-7-6-8-21(17-30)35(20)29(36)39-18-26-24-11-4-2-9-22(24)23-10-3-5-12-25(23)26/h2-5,9-15,20-21,26,37H,6-8,16-18H2,1H3. The van der Waals surface area contributed by atoms with Crippen molar-refractivity contribution in [3.63, 3.8) is 0 Å². The van der Waals surface area contributed by atoms with Gasteiger partial charge in [0.2, 0.25) is 0 Å². The third kappa shape index (κ3) is 4.44. The van der Waals surface area contributed by atoms with Crippen LogP contribution in [0.25, 0.3) is 11.1 Å². The monoisotopic (exact) mass is 537 g/mol. The number of piperidine rings is 2. The Morgan fingerprint density at radius 3 is 2.13 bits per heavy atom. The van der Waals surface area contributed by atoms with Crippen LogP contribution >= 0.6 is 0 Å². The summed E-state index contributed by atoms with van der Waals surface area (Å²) < 4.78 is 51.9. The van der Waals surface area contributed by atoms with Crippen LogP contribution in [0.15, 0.2) is 66.7 Å². The van der Waals surface area contributed by atoms with Crippen LogP contribution in [0.2, 0.25) is 0 Å². The summed E-state index contributed by atoms with van der Waals surface area (Å²) in [5.41, 5.74) is 2.33. The zero-order valence-electron chi connectivity index (χ0n) is 21.6. The van der Waals surface area contributed by atoms with Crippen molar-refractivity contribution >= 4 is 6.09 Å². The first-order valence-corrected chi connectivity index (χ1v) is 13.3. The maximum Gasteiger partial charge on any atom is 0.419 e. The number of nitrogens with zero attached hydrogens (tertiary/aromatic N) is 1. The fraction of sp³-hybridized carbons (Fsp3) is 0.387. The molecule has 5 nitrogen and oxygen atoms in total. The van der Waals surface area contributed by atoms with Gasteiger partial charge in [0.1, 0.15) is 12.4 Å². The van der Waals surface area contributed by atoms with Crippen molar-refractivity contribution in [2.24, 2.45) is 0 Å². The summed E-state index contributed by atoms with van der Waals surface area (Å²) in [4.78, 5) is 15.2. The van der Waals surface area contributed by atoms with Crippen LogP contribution in [-0.2, 0) is 16.5 Å². The Bertz CT molecular complexity index is 1350. The molecule has 2 heterocycles. The molecular weight excluding hydrogens is 507 g/mol. The van der Waals surface area contributed by atoms with Gasteiger partial charge in [-0.3, -0.25) is 0 Å². The van der Waals surface area contributed by atoms with Gasteiger partial charge in [-0.15, -0.1) is 0 Å². The first kappa shape index (κ1) is 25.7. The molecule has 8 heteroatoms. The molecule has 3 aromatic carbocycles. The molecular formula is C31H30F3NO4. The van der Waals surface area contributed by atoms with E-state index >= 15 is 0 Å². The van der Waals surface area contributed by atoms with Crippen molar-refractivity contribution < 1.29 is 32.5 Å². The second-order valence-electron chi connectivity index (χ2n) is 10.8. The molecule has 1 amide bonds. The maximum absolute atomic E-state index is 13.7. The summed E-state index contributed by atoms with van der Waals surface area (Å²) in [7, 11) is 1.19. The highest BCUT2D eigenvalue weighted by atomic mass is 19.4. The van der Waals surface area contributed by atoms with E-state index < -0.39 is 23.4 Å². The fourth-order valence-corrected chi connectivity index (χ4v) is 6.85. The van der Waals surface area contributed by atoms with Crippen molar-refractivity contribution in [2.75, 3.05) is 13.7 Å². The highest BCUT2D eigenvalue weighted by Gasteiger charge is 2.49. The smallest absolute Gasteiger partial charge is 0.419 e. The van der Waals surface area contributed by atoms with Crippen LogP contribution in [0, 0.1) is 0 Å². The van der Waals surface area contributed by atoms with Gasteiger partial charge in [0.15, 0.2) is 0 Å². The number of hydrogen-bond donors (Lipinski definition) is 1. The minimum atomic E-state index is -4.62. The highest BCUT2D eigenvalue weighted by molar-refractivity contribution is 5.79. The zero-order chi connectivity index (χ0) is 27.4. The second kappa shape index (κ2) is 9.59. The molecule has 0 aromatic heterocycles. The van der Waals surface area contributed by atoms with Gasteiger partial charge in [-0.1, -0.05) is 54.6 Å². The van der Waals surface area contributed by atoms with Gasteiger partial charge in [-0.2, -0.15) is 13.2 Å². The number of aliphatic hydroxyl groups is 1. The average Bonchev–Trinajstić information content (AvgIpc) is 3.24. The summed E-state index contributed by atoms with van der Waals surface area (Å²) in [5, 5.41) is 11.6. The van der Waals surface area contributed by atoms with E-state index in [1.54, 1.807) is 4.90 Å². The molecule has 0 spiro atoms. The van der Waals surface area contributed by atoms with E-state index in [-0.39, 0.29) is 48.8 Å². The summed E-state index contributed by atoms with van der Waals surface area (Å²) in [6.07, 6.45) is -2.55. The summed E-state index contributed by atoms with van der Waals surface area (Å²) >= 11 is 0. The average molecular weight is 538 g/mol. The number of halogens is 3. The van der Waals surface area contributed by atoms with E-state index in [9.17, 15) is 23.1 Å². The van der Waals surface area contributed by atoms with Gasteiger partial charge in [0, 0.05) is 30.8 Å². The van der Waals surface area contributed by atoms with Gasteiger partial charge >= 0.3 is 12.3 Å². The Kier molecular flexibility index (Phi) is 6.33. The number of amides is 1. The van der Waals surface area contributed by atoms with Crippen LogP contribution in [-0.4, -0.2) is 41.9 Å². The largest absolute Gasteiger partial charge is 0.496 e. The molecule has 2 unspecified atom stereocenters. The Morgan fingerprint density at radius 2 is 1.56 bits per heavy atom. The number of methoxy groups -OCH3 is 1. The molecule has 39 heavy (non-hydrogen) atoms. The Balaban J connectivity index is 1.21. The SMILES string of the molecule is COc1ccc(C2(O)CC3CCCC(C2)N3C(=O)OCC2c3ccccc3-c3ccccc32)cc1C(F)(F)F. The molecule has 0 radical (unpaired) electrons. The summed E-state index contributed by atoms with van der Waals surface area (Å²) in [6.45, 7) is 0.195. The van der Waals surface area contributed by atoms with Gasteiger partial charge < -0.3 is 19.5 Å². The molecule has 1 aliphatic carbocycles. The molecule has 6 rings (SSSR count). The molecule has 204 valence electrons. The molecule has 2 atom stereocenters. The van der Waals surface area contributed by atoms with Crippen molar-refractivity contribution in [1.82, 2.24) is 4.90 Å². The number of rotatable bonds is 4. The van der Waals surface area contributed by atoms with Crippen LogP contribution in [0.4, 0.5) is 18.0 Å². The number of carbonyl (C=O) groups is 1. The van der Waals surface area contributed by atoms with Gasteiger partial charge in [0.05, 0.1) is 18.3 Å². The summed E-state index contributed by atoms with van der Waals surface area (Å²) in [6, 6.07) is 19.3. The zero-order valence-corrected chi connectivity index (χ0v) is 21.6. The van der Waals surface area contributed by atoms with E-state index in [1.807, 2.05) is 24.3 Å². The number of carbonyl (C=O) groups excluding carboxylic acids is 1. The van der Waals surface area contributed by atoms with E-state index in [1.165, 1.54) is 19.2 Å². The molecule has 2 aliphatic heterocycles. The number of ether oxygens (including phenoxy) is 2. The lowest BCUT2D eigenvalue weighted by Gasteiger charge is -2.51. The molecule has 2 bridgehead atoms. The van der Waals surface area contributed by atoms with Gasteiger partial charge in [-0.25, -0.2) is 4.79 Å². The number of alkyl halides is 3. The fourth-order valence-electron chi connectivity index (χ4n) is 6.85. The predicted octanol–water partition coefficient (Wildman–Crippen LogP) is 6.87. The van der Waals surface area contributed by atoms with Gasteiger partial charge in [-0.05, 0) is 59.2 Å². The van der Waals surface area contributed by atoms with E-state index in [2.05, 4.69) is 24.3 Å². The normalized spacial score (nSPS) is 24.2. The highest BCUT2D eigenvalue weighted by Crippen LogP contribution is 2.48. The summed E-state index contributed by atoms with van der Waals surface area (Å²) in [5.74, 6) is -0.353. The quantitative estimate of drug-likeness (QED) is 0.395. The molecule has 0 saturated carbocycles. The topological polar surface area (TPSA) is 59.0 Å². The van der Waals surface area contributed by atoms with Crippen molar-refractivity contribution in [2.45, 2.75) is 61.9 Å². The van der Waals surface area contributed by atoms with Crippen LogP contribution in [0.3, 0.4) is 0 Å². The number of fused-ring (bicyclic) bond motifs is 5. The van der Waals surface area contributed by atoms with E-state index in [0.29, 0.717) is 12.8 Å². The minimum absolute atomic E-state index is 0.0667. The molecule has 2 fully saturated rings. The molecule has 2 saturated heterocycles. The third-order valence-corrected chi connectivity index (χ3v) is 8.60. The lowest BCUT2D eigenvalue weighted by atomic mass is 9.72. The van der Waals surface area contributed by atoms with Crippen LogP contribution in [0.5, 0.6) is 5.75 Å². The number of benzene rings is 3. The van der Waals surface area contributed by atoms with Crippen LogP contribution in [0.1, 0.15) is 60.3 Å². The first-order chi connectivity index (χ1) is 18.7. The Hall–Kier alpha value is -3.52. The second-order valence-corrected chi connectivity index (χ2v) is 10.8. The van der Waals surface area contributed by atoms with Crippen molar-refractivity contribution in [1.29, 1.82) is 0 Å². The lowest BCUT2D eigenvalue weighted by molar-refractivity contribution is -0.139. The third-order valence-electron chi connectivity index (χ3n) is 8.60. The number of hydrogen-bond acceptors (Lipinski definition) is 4. The minimum Gasteiger partial charge on any atom is -0.496 e. The van der Waals surface area contributed by atoms with Crippen LogP contribution < -0.4 is 4.74 Å². The van der Waals surface area contributed by atoms with E-state index in [4.69, 9.17) is 9.47 Å². The van der Waals surface area contributed by atoms with Gasteiger partial charge in [0.25, 0.3) is 0 Å². The van der Waals surface area contributed by atoms with Crippen molar-refractivity contribution in [3.05, 3.63) is 89.0 Å². The maximum atomic E-state index is 13.7. The molecule has 1 N–H and O–H groups in total. The van der Waals surface area contributed by atoms with Crippen molar-refractivity contribution in [3.8, 4) is 16.9 Å². The molecule has 3 aliphatic rings. The lowest BCUT2D eigenvalue weighted by Crippen LogP contribution is -2.59.